The number of carbonyl (C=O) groups excluding carboxylic acids is 4. The number of carbonyl (C=O) groups is 4. The number of hydrogen-bond acceptors (Lipinski definition) is 8. The van der Waals surface area contributed by atoms with Crippen LogP contribution in [0.1, 0.15) is 26.7 Å². The summed E-state index contributed by atoms with van der Waals surface area (Å²) < 4.78 is 35.8. The minimum atomic E-state index is -3.85. The van der Waals surface area contributed by atoms with Crippen molar-refractivity contribution in [1.82, 2.24) is 10.6 Å². The molecule has 0 atom stereocenters. The third kappa shape index (κ3) is 8.37. The van der Waals surface area contributed by atoms with Crippen molar-refractivity contribution in [2.75, 3.05) is 13.1 Å². The predicted molar refractivity (Wildman–Crippen MR) is 116 cm³/mol. The van der Waals surface area contributed by atoms with Gasteiger partial charge in [0.2, 0.25) is 21.7 Å². The lowest BCUT2D eigenvalue weighted by atomic mass is 10.3. The van der Waals surface area contributed by atoms with Crippen LogP contribution < -0.4 is 20.1 Å². The molecular weight excluding hydrogens is 452 g/mol. The molecule has 2 aromatic rings. The third-order valence-corrected chi connectivity index (χ3v) is 5.92. The minimum Gasteiger partial charge on any atom is -0.426 e. The van der Waals surface area contributed by atoms with Gasteiger partial charge in [-0.3, -0.25) is 19.2 Å². The number of esters is 2. The fourth-order valence-corrected chi connectivity index (χ4v) is 3.82. The van der Waals surface area contributed by atoms with E-state index < -0.39 is 21.8 Å². The van der Waals surface area contributed by atoms with E-state index in [9.17, 15) is 27.6 Å². The Morgan fingerprint density at radius 2 is 1.00 bits per heavy atom. The van der Waals surface area contributed by atoms with E-state index in [-0.39, 0.29) is 59.0 Å². The molecule has 0 bridgehead atoms. The first-order valence-corrected chi connectivity index (χ1v) is 11.4. The molecule has 11 heteroatoms. The van der Waals surface area contributed by atoms with Gasteiger partial charge in [-0.2, -0.15) is 0 Å². The summed E-state index contributed by atoms with van der Waals surface area (Å²) in [6.07, 6.45) is -0.0480. The van der Waals surface area contributed by atoms with Gasteiger partial charge in [0.1, 0.15) is 11.5 Å². The molecule has 33 heavy (non-hydrogen) atoms. The highest BCUT2D eigenvalue weighted by molar-refractivity contribution is 7.91. The summed E-state index contributed by atoms with van der Waals surface area (Å²) in [6.45, 7) is 2.95. The van der Waals surface area contributed by atoms with Crippen molar-refractivity contribution in [2.45, 2.75) is 36.5 Å². The fourth-order valence-electron chi connectivity index (χ4n) is 2.56. The van der Waals surface area contributed by atoms with E-state index in [1.54, 1.807) is 0 Å². The Labute approximate surface area is 191 Å². The van der Waals surface area contributed by atoms with Crippen LogP contribution in [0.3, 0.4) is 0 Å². The second-order valence-electron chi connectivity index (χ2n) is 6.86. The van der Waals surface area contributed by atoms with Crippen molar-refractivity contribution >= 4 is 33.6 Å². The van der Waals surface area contributed by atoms with E-state index >= 15 is 0 Å². The summed E-state index contributed by atoms with van der Waals surface area (Å²) in [7, 11) is -3.85. The van der Waals surface area contributed by atoms with Crippen LogP contribution in [0.4, 0.5) is 0 Å². The van der Waals surface area contributed by atoms with Crippen molar-refractivity contribution in [3.8, 4) is 11.5 Å². The maximum atomic E-state index is 12.8. The quantitative estimate of drug-likeness (QED) is 0.386. The van der Waals surface area contributed by atoms with Crippen molar-refractivity contribution in [3.63, 3.8) is 0 Å². The lowest BCUT2D eigenvalue weighted by molar-refractivity contribution is -0.135. The average Bonchev–Trinajstić information content (AvgIpc) is 2.74. The van der Waals surface area contributed by atoms with Gasteiger partial charge in [0.05, 0.1) is 22.6 Å². The van der Waals surface area contributed by atoms with Gasteiger partial charge in [0.25, 0.3) is 0 Å². The Balaban J connectivity index is 1.97. The van der Waals surface area contributed by atoms with Gasteiger partial charge >= 0.3 is 11.9 Å². The van der Waals surface area contributed by atoms with E-state index in [0.29, 0.717) is 0 Å². The number of benzene rings is 2. The molecule has 0 radical (unpaired) electrons. The summed E-state index contributed by atoms with van der Waals surface area (Å²) in [4.78, 5) is 45.1. The highest BCUT2D eigenvalue weighted by Crippen LogP contribution is 2.25. The number of rotatable bonds is 10. The van der Waals surface area contributed by atoms with E-state index in [1.807, 2.05) is 0 Å². The van der Waals surface area contributed by atoms with Crippen molar-refractivity contribution in [1.29, 1.82) is 0 Å². The number of hydrogen-bond donors (Lipinski definition) is 2. The standard InChI is InChI=1S/C22H24N2O8S/c1-15(25)23-13-11-21(27)31-17-3-7-19(8-4-17)33(29,30)20-9-5-18(6-10-20)32-22(28)12-14-24-16(2)26/h3-10H,11-14H2,1-2H3,(H,23,25)(H,24,26). The highest BCUT2D eigenvalue weighted by atomic mass is 32.2. The maximum Gasteiger partial charge on any atom is 0.312 e. The summed E-state index contributed by atoms with van der Waals surface area (Å²) in [5.41, 5.74) is 0. The summed E-state index contributed by atoms with van der Waals surface area (Å²) in [5, 5.41) is 4.95. The van der Waals surface area contributed by atoms with Gasteiger partial charge in [-0.25, -0.2) is 8.42 Å². The normalized spacial score (nSPS) is 10.7. The van der Waals surface area contributed by atoms with Crippen LogP contribution in [-0.2, 0) is 29.0 Å². The van der Waals surface area contributed by atoms with Crippen molar-refractivity contribution in [3.05, 3.63) is 48.5 Å². The molecule has 2 amide bonds. The molecule has 0 aliphatic rings. The van der Waals surface area contributed by atoms with E-state index in [0.717, 1.165) is 0 Å². The van der Waals surface area contributed by atoms with Gasteiger partial charge in [-0.15, -0.1) is 0 Å². The van der Waals surface area contributed by atoms with Crippen LogP contribution in [0.15, 0.2) is 58.3 Å². The molecule has 0 saturated carbocycles. The zero-order valence-corrected chi connectivity index (χ0v) is 18.9. The topological polar surface area (TPSA) is 145 Å². The molecule has 0 aliphatic carbocycles. The number of amides is 2. The Morgan fingerprint density at radius 3 is 1.30 bits per heavy atom. The molecule has 0 aliphatic heterocycles. The first kappa shape index (κ1) is 25.5. The lowest BCUT2D eigenvalue weighted by Gasteiger charge is -2.09. The summed E-state index contributed by atoms with van der Waals surface area (Å²) in [5.74, 6) is -1.31. The molecule has 0 unspecified atom stereocenters. The molecule has 2 rings (SSSR count). The summed E-state index contributed by atoms with van der Waals surface area (Å²) >= 11 is 0. The minimum absolute atomic E-state index is 0.0133. The van der Waals surface area contributed by atoms with E-state index in [2.05, 4.69) is 10.6 Å². The number of ether oxygens (including phenoxy) is 2. The van der Waals surface area contributed by atoms with Gasteiger partial charge in [-0.05, 0) is 48.5 Å². The molecule has 0 aromatic heterocycles. The number of nitrogens with one attached hydrogen (secondary N) is 2. The zero-order chi connectivity index (χ0) is 24.4. The van der Waals surface area contributed by atoms with Crippen LogP contribution in [0.25, 0.3) is 0 Å². The van der Waals surface area contributed by atoms with Crippen LogP contribution in [0.2, 0.25) is 0 Å². The van der Waals surface area contributed by atoms with Crippen molar-refractivity contribution in [2.24, 2.45) is 0 Å². The molecular formula is C22H24N2O8S. The first-order valence-electron chi connectivity index (χ1n) is 9.93. The molecule has 0 fully saturated rings. The first-order chi connectivity index (χ1) is 15.6. The van der Waals surface area contributed by atoms with Gasteiger partial charge in [0, 0.05) is 26.9 Å². The van der Waals surface area contributed by atoms with Gasteiger partial charge in [-0.1, -0.05) is 0 Å². The molecule has 0 saturated heterocycles. The van der Waals surface area contributed by atoms with Crippen LogP contribution in [0.5, 0.6) is 11.5 Å². The smallest absolute Gasteiger partial charge is 0.312 e. The molecule has 0 spiro atoms. The van der Waals surface area contributed by atoms with Gasteiger partial charge in [0.15, 0.2) is 0 Å². The molecule has 2 N–H and O–H groups in total. The highest BCUT2D eigenvalue weighted by Gasteiger charge is 2.18. The third-order valence-electron chi connectivity index (χ3n) is 4.14. The van der Waals surface area contributed by atoms with Crippen LogP contribution >= 0.6 is 0 Å². The lowest BCUT2D eigenvalue weighted by Crippen LogP contribution is -2.24. The largest absolute Gasteiger partial charge is 0.426 e. The second-order valence-corrected chi connectivity index (χ2v) is 8.81. The Morgan fingerprint density at radius 1 is 0.667 bits per heavy atom. The zero-order valence-electron chi connectivity index (χ0n) is 18.1. The SMILES string of the molecule is CC(=O)NCCC(=O)Oc1ccc(S(=O)(=O)c2ccc(OC(=O)CCNC(C)=O)cc2)cc1. The van der Waals surface area contributed by atoms with Crippen LogP contribution in [0, 0.1) is 0 Å². The van der Waals surface area contributed by atoms with Gasteiger partial charge < -0.3 is 20.1 Å². The van der Waals surface area contributed by atoms with Crippen LogP contribution in [-0.4, -0.2) is 45.3 Å². The molecule has 176 valence electrons. The molecule has 10 nitrogen and oxygen atoms in total. The predicted octanol–water partition coefficient (Wildman–Crippen LogP) is 1.38. The fraction of sp³-hybridized carbons (Fsp3) is 0.273. The van der Waals surface area contributed by atoms with E-state index in [1.165, 1.54) is 62.4 Å². The second kappa shape index (κ2) is 11.8. The molecule has 0 heterocycles. The van der Waals surface area contributed by atoms with Crippen molar-refractivity contribution < 1.29 is 37.1 Å². The van der Waals surface area contributed by atoms with E-state index in [4.69, 9.17) is 9.47 Å². The Kier molecular flexibility index (Phi) is 9.10. The average molecular weight is 477 g/mol. The monoisotopic (exact) mass is 476 g/mol. The maximum absolute atomic E-state index is 12.8. The Hall–Kier alpha value is -3.73. The number of sulfone groups is 1. The molecule has 2 aromatic carbocycles. The Bertz CT molecular complexity index is 1030. The summed E-state index contributed by atoms with van der Waals surface area (Å²) in [6, 6.07) is 10.7.